The summed E-state index contributed by atoms with van der Waals surface area (Å²) in [5.74, 6) is 0.166. The molecule has 1 N–H and O–H groups in total. The molecule has 2 aromatic heterocycles. The summed E-state index contributed by atoms with van der Waals surface area (Å²) in [6, 6.07) is 5.55. The number of methoxy groups -OCH3 is 2. The first-order chi connectivity index (χ1) is 14.9. The highest BCUT2D eigenvalue weighted by Crippen LogP contribution is 2.39. The largest absolute Gasteiger partial charge is 0.493 e. The topological polar surface area (TPSA) is 99.7 Å². The van der Waals surface area contributed by atoms with E-state index in [-0.39, 0.29) is 18.9 Å². The van der Waals surface area contributed by atoms with Gasteiger partial charge in [-0.2, -0.15) is 0 Å². The first-order valence-electron chi connectivity index (χ1n) is 9.60. The maximum atomic E-state index is 12.6. The third kappa shape index (κ3) is 4.56. The minimum absolute atomic E-state index is 0.00609. The van der Waals surface area contributed by atoms with Crippen molar-refractivity contribution in [3.63, 3.8) is 0 Å². The molecule has 0 aliphatic carbocycles. The number of carbonyl (C=O) groups excluding carboxylic acids is 2. The standard InChI is InChI=1S/C22H24N2O6S/c1-6-29-21(25)17-12(2)18(23-13(17)3)22(26)30-10-14-11-31-20(24-14)15-8-7-9-16(27-4)19(15)28-5/h7-9,11,23H,6,10H2,1-5H3. The van der Waals surface area contributed by atoms with Gasteiger partial charge in [-0.3, -0.25) is 0 Å². The van der Waals surface area contributed by atoms with Gasteiger partial charge in [0.05, 0.1) is 37.6 Å². The predicted octanol–water partition coefficient (Wildman–Crippen LogP) is 4.31. The third-order valence-electron chi connectivity index (χ3n) is 4.66. The van der Waals surface area contributed by atoms with E-state index in [4.69, 9.17) is 18.9 Å². The fourth-order valence-electron chi connectivity index (χ4n) is 3.23. The number of para-hydroxylation sites is 1. The van der Waals surface area contributed by atoms with Crippen molar-refractivity contribution in [2.45, 2.75) is 27.4 Å². The monoisotopic (exact) mass is 444 g/mol. The average Bonchev–Trinajstić information content (AvgIpc) is 3.35. The van der Waals surface area contributed by atoms with E-state index in [1.165, 1.54) is 11.3 Å². The summed E-state index contributed by atoms with van der Waals surface area (Å²) in [6.07, 6.45) is 0. The van der Waals surface area contributed by atoms with Crippen molar-refractivity contribution in [1.29, 1.82) is 0 Å². The molecule has 0 aliphatic rings. The minimum Gasteiger partial charge on any atom is -0.493 e. The fraction of sp³-hybridized carbons (Fsp3) is 0.318. The molecule has 1 aromatic carbocycles. The summed E-state index contributed by atoms with van der Waals surface area (Å²) in [4.78, 5) is 32.2. The van der Waals surface area contributed by atoms with Crippen molar-refractivity contribution in [1.82, 2.24) is 9.97 Å². The van der Waals surface area contributed by atoms with E-state index >= 15 is 0 Å². The number of esters is 2. The second-order valence-corrected chi connectivity index (χ2v) is 7.46. The molecule has 0 fully saturated rings. The van der Waals surface area contributed by atoms with Crippen LogP contribution in [0.25, 0.3) is 10.6 Å². The van der Waals surface area contributed by atoms with E-state index in [1.54, 1.807) is 35.0 Å². The molecule has 0 saturated heterocycles. The lowest BCUT2D eigenvalue weighted by atomic mass is 10.1. The van der Waals surface area contributed by atoms with Gasteiger partial charge in [0.2, 0.25) is 0 Å². The number of nitrogens with one attached hydrogen (secondary N) is 1. The average molecular weight is 445 g/mol. The van der Waals surface area contributed by atoms with Crippen LogP contribution in [0.4, 0.5) is 0 Å². The predicted molar refractivity (Wildman–Crippen MR) is 116 cm³/mol. The van der Waals surface area contributed by atoms with Crippen LogP contribution < -0.4 is 9.47 Å². The molecule has 3 aromatic rings. The SMILES string of the molecule is CCOC(=O)c1c(C)[nH]c(C(=O)OCc2csc(-c3cccc(OC)c3OC)n2)c1C. The van der Waals surface area contributed by atoms with Crippen LogP contribution in [-0.4, -0.2) is 42.7 Å². The lowest BCUT2D eigenvalue weighted by Gasteiger charge is -2.10. The smallest absolute Gasteiger partial charge is 0.355 e. The van der Waals surface area contributed by atoms with E-state index in [9.17, 15) is 9.59 Å². The van der Waals surface area contributed by atoms with Crippen molar-refractivity contribution in [3.8, 4) is 22.1 Å². The summed E-state index contributed by atoms with van der Waals surface area (Å²) < 4.78 is 21.3. The fourth-order valence-corrected chi connectivity index (χ4v) is 4.05. The Labute approximate surface area is 184 Å². The molecule has 0 saturated carbocycles. The molecule has 0 aliphatic heterocycles. The number of carbonyl (C=O) groups is 2. The summed E-state index contributed by atoms with van der Waals surface area (Å²) in [5.41, 5.74) is 3.04. The number of benzene rings is 1. The summed E-state index contributed by atoms with van der Waals surface area (Å²) in [5, 5.41) is 2.54. The first-order valence-corrected chi connectivity index (χ1v) is 10.5. The van der Waals surface area contributed by atoms with Crippen molar-refractivity contribution in [3.05, 3.63) is 51.8 Å². The van der Waals surface area contributed by atoms with E-state index in [0.29, 0.717) is 34.0 Å². The molecule has 0 atom stereocenters. The number of aryl methyl sites for hydroxylation is 1. The van der Waals surface area contributed by atoms with Crippen LogP contribution in [0, 0.1) is 13.8 Å². The van der Waals surface area contributed by atoms with E-state index in [0.717, 1.165) is 10.6 Å². The molecule has 0 unspecified atom stereocenters. The molecule has 8 nitrogen and oxygen atoms in total. The molecular formula is C22H24N2O6S. The summed E-state index contributed by atoms with van der Waals surface area (Å²) >= 11 is 1.41. The Bertz CT molecular complexity index is 1100. The first kappa shape index (κ1) is 22.4. The summed E-state index contributed by atoms with van der Waals surface area (Å²) in [7, 11) is 3.15. The number of rotatable bonds is 8. The lowest BCUT2D eigenvalue weighted by molar-refractivity contribution is 0.0461. The van der Waals surface area contributed by atoms with Crippen molar-refractivity contribution in [2.75, 3.05) is 20.8 Å². The highest BCUT2D eigenvalue weighted by molar-refractivity contribution is 7.13. The molecule has 2 heterocycles. The third-order valence-corrected chi connectivity index (χ3v) is 5.58. The summed E-state index contributed by atoms with van der Waals surface area (Å²) in [6.45, 7) is 5.38. The Morgan fingerprint density at radius 2 is 1.87 bits per heavy atom. The van der Waals surface area contributed by atoms with E-state index in [1.807, 2.05) is 23.6 Å². The van der Waals surface area contributed by atoms with Gasteiger partial charge in [0, 0.05) is 11.1 Å². The zero-order valence-corrected chi connectivity index (χ0v) is 18.8. The number of ether oxygens (including phenoxy) is 4. The van der Waals surface area contributed by atoms with Gasteiger partial charge < -0.3 is 23.9 Å². The molecule has 164 valence electrons. The van der Waals surface area contributed by atoms with Gasteiger partial charge in [0.25, 0.3) is 0 Å². The van der Waals surface area contributed by atoms with Gasteiger partial charge >= 0.3 is 11.9 Å². The highest BCUT2D eigenvalue weighted by atomic mass is 32.1. The maximum absolute atomic E-state index is 12.6. The Hall–Kier alpha value is -3.33. The Kier molecular flexibility index (Phi) is 6.96. The number of nitrogens with zero attached hydrogens (tertiary/aromatic N) is 1. The van der Waals surface area contributed by atoms with Gasteiger partial charge in [0.1, 0.15) is 17.3 Å². The van der Waals surface area contributed by atoms with Crippen LogP contribution in [-0.2, 0) is 16.1 Å². The van der Waals surface area contributed by atoms with E-state index < -0.39 is 11.9 Å². The highest BCUT2D eigenvalue weighted by Gasteiger charge is 2.24. The second kappa shape index (κ2) is 9.65. The quantitative estimate of drug-likeness (QED) is 0.517. The van der Waals surface area contributed by atoms with Gasteiger partial charge in [-0.25, -0.2) is 14.6 Å². The normalized spacial score (nSPS) is 10.6. The second-order valence-electron chi connectivity index (χ2n) is 6.61. The maximum Gasteiger partial charge on any atom is 0.355 e. The van der Waals surface area contributed by atoms with Crippen molar-refractivity contribution in [2.24, 2.45) is 0 Å². The molecular weight excluding hydrogens is 420 g/mol. The zero-order valence-electron chi connectivity index (χ0n) is 18.0. The molecule has 31 heavy (non-hydrogen) atoms. The number of aromatic nitrogens is 2. The molecule has 0 radical (unpaired) electrons. The van der Waals surface area contributed by atoms with Crippen molar-refractivity contribution >= 4 is 23.3 Å². The molecule has 0 bridgehead atoms. The molecule has 9 heteroatoms. The number of H-pyrrole nitrogens is 1. The van der Waals surface area contributed by atoms with Gasteiger partial charge in [0.15, 0.2) is 11.5 Å². The molecule has 3 rings (SSSR count). The van der Waals surface area contributed by atoms with E-state index in [2.05, 4.69) is 9.97 Å². The number of aromatic amines is 1. The number of thiazole rings is 1. The Morgan fingerprint density at radius 1 is 1.10 bits per heavy atom. The van der Waals surface area contributed by atoms with Crippen LogP contribution >= 0.6 is 11.3 Å². The van der Waals surface area contributed by atoms with Crippen LogP contribution in [0.3, 0.4) is 0 Å². The van der Waals surface area contributed by atoms with Crippen LogP contribution in [0.5, 0.6) is 11.5 Å². The number of hydrogen-bond donors (Lipinski definition) is 1. The zero-order chi connectivity index (χ0) is 22.5. The molecule has 0 amide bonds. The van der Waals surface area contributed by atoms with Gasteiger partial charge in [-0.1, -0.05) is 6.07 Å². The van der Waals surface area contributed by atoms with Crippen molar-refractivity contribution < 1.29 is 28.5 Å². The minimum atomic E-state index is -0.565. The Balaban J connectivity index is 1.74. The van der Waals surface area contributed by atoms with Gasteiger partial charge in [-0.05, 0) is 38.5 Å². The lowest BCUT2D eigenvalue weighted by Crippen LogP contribution is -2.09. The van der Waals surface area contributed by atoms with Gasteiger partial charge in [-0.15, -0.1) is 11.3 Å². The van der Waals surface area contributed by atoms with Crippen LogP contribution in [0.1, 0.15) is 44.7 Å². The Morgan fingerprint density at radius 3 is 2.55 bits per heavy atom. The molecule has 0 spiro atoms. The number of hydrogen-bond acceptors (Lipinski definition) is 8. The van der Waals surface area contributed by atoms with Crippen LogP contribution in [0.15, 0.2) is 23.6 Å². The van der Waals surface area contributed by atoms with Crippen LogP contribution in [0.2, 0.25) is 0 Å².